The molecular formula is C44H47ClN8O5. The number of nitrogens with zero attached hydrogens (tertiary/aromatic N) is 7. The molecule has 5 fully saturated rings. The van der Waals surface area contributed by atoms with Crippen LogP contribution in [0.5, 0.6) is 0 Å². The normalized spacial score (nSPS) is 22.4. The van der Waals surface area contributed by atoms with Crippen molar-refractivity contribution in [2.45, 2.75) is 45.1 Å². The van der Waals surface area contributed by atoms with Crippen molar-refractivity contribution in [1.29, 1.82) is 0 Å². The van der Waals surface area contributed by atoms with Crippen molar-refractivity contribution in [2.75, 3.05) is 86.7 Å². The largest absolute Gasteiger partial charge is 0.371 e. The van der Waals surface area contributed by atoms with Gasteiger partial charge in [-0.25, -0.2) is 4.85 Å². The van der Waals surface area contributed by atoms with Crippen molar-refractivity contribution in [3.05, 3.63) is 93.3 Å². The fourth-order valence-corrected chi connectivity index (χ4v) is 10.1. The van der Waals surface area contributed by atoms with Gasteiger partial charge in [0.05, 0.1) is 22.7 Å². The van der Waals surface area contributed by atoms with Gasteiger partial charge in [-0.05, 0) is 92.1 Å². The number of amides is 5. The molecule has 0 aliphatic carbocycles. The molecule has 5 amide bonds. The summed E-state index contributed by atoms with van der Waals surface area (Å²) in [4.78, 5) is 79.9. The van der Waals surface area contributed by atoms with Gasteiger partial charge in [0.15, 0.2) is 0 Å². The molecule has 0 saturated carbocycles. The van der Waals surface area contributed by atoms with Crippen LogP contribution in [0.2, 0.25) is 5.02 Å². The van der Waals surface area contributed by atoms with E-state index < -0.39 is 29.7 Å². The van der Waals surface area contributed by atoms with Crippen LogP contribution in [0.15, 0.2) is 54.6 Å². The number of hydrogen-bond donors (Lipinski definition) is 1. The number of piperidine rings is 2. The first kappa shape index (κ1) is 38.1. The number of imide groups is 2. The lowest BCUT2D eigenvalue weighted by atomic mass is 9.77. The number of halogens is 1. The minimum absolute atomic E-state index is 0.0744. The van der Waals surface area contributed by atoms with Gasteiger partial charge in [-0.1, -0.05) is 17.7 Å². The first-order valence-electron chi connectivity index (χ1n) is 20.4. The van der Waals surface area contributed by atoms with E-state index in [4.69, 9.17) is 18.2 Å². The maximum atomic E-state index is 13.5. The van der Waals surface area contributed by atoms with E-state index in [9.17, 15) is 24.0 Å². The van der Waals surface area contributed by atoms with E-state index in [0.717, 1.165) is 111 Å². The third-order valence-electron chi connectivity index (χ3n) is 13.5. The van der Waals surface area contributed by atoms with Gasteiger partial charge in [0.1, 0.15) is 6.04 Å². The second kappa shape index (κ2) is 15.1. The van der Waals surface area contributed by atoms with Gasteiger partial charge in [-0.3, -0.25) is 39.1 Å². The Hall–Kier alpha value is -5.45. The van der Waals surface area contributed by atoms with Crippen molar-refractivity contribution < 1.29 is 24.0 Å². The van der Waals surface area contributed by atoms with Crippen LogP contribution in [0.3, 0.4) is 0 Å². The van der Waals surface area contributed by atoms with Crippen molar-refractivity contribution in [1.82, 2.24) is 20.0 Å². The van der Waals surface area contributed by atoms with Crippen LogP contribution in [-0.4, -0.2) is 122 Å². The fraction of sp³-hybridized carbons (Fsp3) is 0.455. The molecule has 13 nitrogen and oxygen atoms in total. The number of carbonyl (C=O) groups is 5. The predicted octanol–water partition coefficient (Wildman–Crippen LogP) is 4.99. The third kappa shape index (κ3) is 6.86. The standard InChI is InChI=1S/C44H47ClN8O5/c1-28-36(10-9-35(46-2)39(28)45)51-18-15-44(27-51)13-16-49(17-14-44)31-5-3-30(4-6-31)41(56)50-21-19-48(20-22-50)24-29-25-52(26-29)32-7-8-33-34(23-32)43(58)53(42(33)57)37-11-12-38(54)47-40(37)55/h3-10,23,29,37H,11-22,24-27H2,1H3,(H,47,54,55). The second-order valence-corrected chi connectivity index (χ2v) is 17.3. The number of nitrogens with one attached hydrogen (secondary N) is 1. The van der Waals surface area contributed by atoms with Crippen LogP contribution >= 0.6 is 11.6 Å². The van der Waals surface area contributed by atoms with Crippen LogP contribution in [0.25, 0.3) is 4.85 Å². The SMILES string of the molecule is [C-]#[N+]c1ccc(N2CCC3(CCN(c4ccc(C(=O)N5CCN(CC6CN(c7ccc8c(c7)C(=O)N(C7CCC(=O)NC7=O)C8=O)C6)CC5)cc4)CC3)C2)c(C)c1Cl. The average molecular weight is 803 g/mol. The molecule has 6 heterocycles. The first-order valence-corrected chi connectivity index (χ1v) is 20.8. The molecule has 0 bridgehead atoms. The van der Waals surface area contributed by atoms with Crippen molar-refractivity contribution in [2.24, 2.45) is 11.3 Å². The summed E-state index contributed by atoms with van der Waals surface area (Å²) >= 11 is 6.50. The summed E-state index contributed by atoms with van der Waals surface area (Å²) < 4.78 is 0. The number of anilines is 3. The summed E-state index contributed by atoms with van der Waals surface area (Å²) in [5.41, 5.74) is 6.25. The summed E-state index contributed by atoms with van der Waals surface area (Å²) in [6.45, 7) is 18.9. The Kier molecular flexibility index (Phi) is 9.88. The zero-order valence-electron chi connectivity index (χ0n) is 32.7. The molecule has 9 rings (SSSR count). The second-order valence-electron chi connectivity index (χ2n) is 16.9. The topological polar surface area (TPSA) is 121 Å². The minimum atomic E-state index is -0.975. The van der Waals surface area contributed by atoms with Gasteiger partial charge in [0.25, 0.3) is 17.7 Å². The Morgan fingerprint density at radius 2 is 1.50 bits per heavy atom. The zero-order valence-corrected chi connectivity index (χ0v) is 33.5. The molecule has 0 radical (unpaired) electrons. The Balaban J connectivity index is 0.719. The smallest absolute Gasteiger partial charge is 0.262 e. The Morgan fingerprint density at radius 3 is 2.19 bits per heavy atom. The molecule has 1 atom stereocenters. The highest BCUT2D eigenvalue weighted by Gasteiger charge is 2.45. The van der Waals surface area contributed by atoms with Crippen LogP contribution < -0.4 is 20.0 Å². The quantitative estimate of drug-likeness (QED) is 0.260. The van der Waals surface area contributed by atoms with E-state index in [1.54, 1.807) is 12.1 Å². The summed E-state index contributed by atoms with van der Waals surface area (Å²) in [6.07, 6.45) is 3.61. The lowest BCUT2D eigenvalue weighted by Crippen LogP contribution is -2.55. The van der Waals surface area contributed by atoms with E-state index in [1.807, 2.05) is 42.2 Å². The maximum Gasteiger partial charge on any atom is 0.262 e. The Bertz CT molecular complexity index is 2230. The lowest BCUT2D eigenvalue weighted by molar-refractivity contribution is -0.136. The molecule has 0 aromatic heterocycles. The van der Waals surface area contributed by atoms with Gasteiger partial charge < -0.3 is 19.6 Å². The zero-order chi connectivity index (χ0) is 40.3. The van der Waals surface area contributed by atoms with Crippen LogP contribution in [0, 0.1) is 24.8 Å². The van der Waals surface area contributed by atoms with Gasteiger partial charge in [0.2, 0.25) is 17.5 Å². The molecule has 1 spiro atoms. The molecule has 3 aromatic rings. The molecule has 6 aliphatic heterocycles. The molecule has 14 heteroatoms. The maximum absolute atomic E-state index is 13.5. The van der Waals surface area contributed by atoms with Gasteiger partial charge in [-0.15, -0.1) is 0 Å². The third-order valence-corrected chi connectivity index (χ3v) is 13.9. The first-order chi connectivity index (χ1) is 28.0. The van der Waals surface area contributed by atoms with Crippen LogP contribution in [-0.2, 0) is 9.59 Å². The van der Waals surface area contributed by atoms with Crippen LogP contribution in [0.1, 0.15) is 68.7 Å². The molecule has 300 valence electrons. The Morgan fingerprint density at radius 1 is 0.828 bits per heavy atom. The summed E-state index contributed by atoms with van der Waals surface area (Å²) in [7, 11) is 0. The predicted molar refractivity (Wildman–Crippen MR) is 221 cm³/mol. The minimum Gasteiger partial charge on any atom is -0.371 e. The molecule has 1 unspecified atom stereocenters. The molecular weight excluding hydrogens is 756 g/mol. The number of rotatable bonds is 7. The molecule has 6 aliphatic rings. The molecule has 1 N–H and O–H groups in total. The molecule has 3 aromatic carbocycles. The lowest BCUT2D eigenvalue weighted by Gasteiger charge is -2.45. The number of benzene rings is 3. The Labute approximate surface area is 343 Å². The van der Waals surface area contributed by atoms with E-state index in [2.05, 4.69) is 41.9 Å². The number of piperazine rings is 1. The summed E-state index contributed by atoms with van der Waals surface area (Å²) in [6, 6.07) is 16.3. The van der Waals surface area contributed by atoms with Crippen molar-refractivity contribution in [3.8, 4) is 0 Å². The van der Waals surface area contributed by atoms with Gasteiger partial charge >= 0.3 is 0 Å². The number of fused-ring (bicyclic) bond motifs is 1. The summed E-state index contributed by atoms with van der Waals surface area (Å²) in [5, 5.41) is 2.80. The van der Waals surface area contributed by atoms with Crippen molar-refractivity contribution >= 4 is 63.9 Å². The number of hydrogen-bond acceptors (Lipinski definition) is 9. The summed E-state index contributed by atoms with van der Waals surface area (Å²) in [5.74, 6) is -1.47. The van der Waals surface area contributed by atoms with Gasteiger partial charge in [-0.2, -0.15) is 0 Å². The highest BCUT2D eigenvalue weighted by atomic mass is 35.5. The van der Waals surface area contributed by atoms with E-state index in [0.29, 0.717) is 35.3 Å². The molecule has 5 saturated heterocycles. The fourth-order valence-electron chi connectivity index (χ4n) is 9.93. The highest BCUT2D eigenvalue weighted by Crippen LogP contribution is 2.45. The average Bonchev–Trinajstić information content (AvgIpc) is 3.74. The van der Waals surface area contributed by atoms with Crippen LogP contribution in [0.4, 0.5) is 22.7 Å². The monoisotopic (exact) mass is 802 g/mol. The molecule has 58 heavy (non-hydrogen) atoms. The van der Waals surface area contributed by atoms with Gasteiger partial charge in [0, 0.05) is 107 Å². The number of carbonyl (C=O) groups excluding carboxylic acids is 5. The highest BCUT2D eigenvalue weighted by molar-refractivity contribution is 6.34. The van der Waals surface area contributed by atoms with E-state index in [1.165, 1.54) is 0 Å². The van der Waals surface area contributed by atoms with E-state index >= 15 is 0 Å². The van der Waals surface area contributed by atoms with E-state index in [-0.39, 0.29) is 29.7 Å². The van der Waals surface area contributed by atoms with Crippen molar-refractivity contribution in [3.63, 3.8) is 0 Å².